The van der Waals surface area contributed by atoms with Gasteiger partial charge in [0, 0.05) is 24.4 Å². The Morgan fingerprint density at radius 1 is 1.33 bits per heavy atom. The highest BCUT2D eigenvalue weighted by Gasteiger charge is 2.07. The molecule has 1 atom stereocenters. The van der Waals surface area contributed by atoms with Gasteiger partial charge in [-0.25, -0.2) is 0 Å². The Kier molecular flexibility index (Phi) is 2.78. The zero-order chi connectivity index (χ0) is 10.8. The Balaban J connectivity index is 2.45. The fourth-order valence-corrected chi connectivity index (χ4v) is 1.96. The summed E-state index contributed by atoms with van der Waals surface area (Å²) in [6.07, 6.45) is 0. The summed E-state index contributed by atoms with van der Waals surface area (Å²) in [5, 5.41) is 10.4. The molecule has 0 saturated heterocycles. The SMILES string of the molecule is Cc1cc2ccccc2n1CC(C)CO. The van der Waals surface area contributed by atoms with Gasteiger partial charge in [0.05, 0.1) is 0 Å². The lowest BCUT2D eigenvalue weighted by Crippen LogP contribution is -2.11. The molecule has 0 aliphatic heterocycles. The highest BCUT2D eigenvalue weighted by atomic mass is 16.3. The van der Waals surface area contributed by atoms with Crippen LogP contribution in [0, 0.1) is 12.8 Å². The molecule has 0 spiro atoms. The van der Waals surface area contributed by atoms with Crippen LogP contribution in [0.25, 0.3) is 10.9 Å². The molecule has 0 radical (unpaired) electrons. The molecule has 2 nitrogen and oxygen atoms in total. The molecular formula is C13H17NO. The first-order valence-electron chi connectivity index (χ1n) is 5.38. The maximum absolute atomic E-state index is 9.08. The number of para-hydroxylation sites is 1. The Labute approximate surface area is 90.2 Å². The lowest BCUT2D eigenvalue weighted by atomic mass is 10.2. The summed E-state index contributed by atoms with van der Waals surface area (Å²) in [6, 6.07) is 10.6. The first kappa shape index (κ1) is 10.2. The third-order valence-electron chi connectivity index (χ3n) is 2.82. The van der Waals surface area contributed by atoms with Crippen LogP contribution in [0.2, 0.25) is 0 Å². The number of hydrogen-bond acceptors (Lipinski definition) is 1. The van der Waals surface area contributed by atoms with Gasteiger partial charge in [-0.05, 0) is 30.4 Å². The Hall–Kier alpha value is -1.28. The second-order valence-corrected chi connectivity index (χ2v) is 4.24. The van der Waals surface area contributed by atoms with Crippen molar-refractivity contribution >= 4 is 10.9 Å². The molecule has 80 valence electrons. The number of aliphatic hydroxyl groups is 1. The van der Waals surface area contributed by atoms with E-state index in [2.05, 4.69) is 48.7 Å². The van der Waals surface area contributed by atoms with E-state index in [1.54, 1.807) is 0 Å². The van der Waals surface area contributed by atoms with Gasteiger partial charge in [-0.1, -0.05) is 25.1 Å². The number of rotatable bonds is 3. The predicted molar refractivity (Wildman–Crippen MR) is 62.9 cm³/mol. The summed E-state index contributed by atoms with van der Waals surface area (Å²) in [6.45, 7) is 5.31. The molecule has 0 aliphatic rings. The van der Waals surface area contributed by atoms with Crippen molar-refractivity contribution in [3.05, 3.63) is 36.0 Å². The van der Waals surface area contributed by atoms with Gasteiger partial charge in [0.1, 0.15) is 0 Å². The number of aliphatic hydroxyl groups excluding tert-OH is 1. The van der Waals surface area contributed by atoms with E-state index >= 15 is 0 Å². The summed E-state index contributed by atoms with van der Waals surface area (Å²) in [5.74, 6) is 0.305. The Morgan fingerprint density at radius 3 is 2.80 bits per heavy atom. The smallest absolute Gasteiger partial charge is 0.0482 e. The third-order valence-corrected chi connectivity index (χ3v) is 2.82. The van der Waals surface area contributed by atoms with Crippen molar-refractivity contribution in [2.45, 2.75) is 20.4 Å². The van der Waals surface area contributed by atoms with Crippen molar-refractivity contribution in [3.63, 3.8) is 0 Å². The molecule has 0 fully saturated rings. The number of benzene rings is 1. The number of hydrogen-bond donors (Lipinski definition) is 1. The van der Waals surface area contributed by atoms with Gasteiger partial charge in [-0.3, -0.25) is 0 Å². The van der Waals surface area contributed by atoms with Gasteiger partial charge in [0.25, 0.3) is 0 Å². The van der Waals surface area contributed by atoms with Crippen molar-refractivity contribution in [1.82, 2.24) is 4.57 Å². The van der Waals surface area contributed by atoms with E-state index in [-0.39, 0.29) is 6.61 Å². The van der Waals surface area contributed by atoms with Crippen LogP contribution < -0.4 is 0 Å². The van der Waals surface area contributed by atoms with Crippen molar-refractivity contribution in [2.75, 3.05) is 6.61 Å². The highest BCUT2D eigenvalue weighted by molar-refractivity contribution is 5.81. The number of aromatic nitrogens is 1. The lowest BCUT2D eigenvalue weighted by Gasteiger charge is -2.12. The van der Waals surface area contributed by atoms with Crippen molar-refractivity contribution in [1.29, 1.82) is 0 Å². The minimum atomic E-state index is 0.242. The molecule has 2 aromatic rings. The number of nitrogens with zero attached hydrogens (tertiary/aromatic N) is 1. The van der Waals surface area contributed by atoms with Crippen LogP contribution in [0.5, 0.6) is 0 Å². The first-order valence-corrected chi connectivity index (χ1v) is 5.38. The van der Waals surface area contributed by atoms with Crippen LogP contribution in [0.15, 0.2) is 30.3 Å². The molecule has 0 aliphatic carbocycles. The lowest BCUT2D eigenvalue weighted by molar-refractivity contribution is 0.223. The van der Waals surface area contributed by atoms with Gasteiger partial charge < -0.3 is 9.67 Å². The number of fused-ring (bicyclic) bond motifs is 1. The summed E-state index contributed by atoms with van der Waals surface area (Å²) in [4.78, 5) is 0. The molecule has 1 aromatic heterocycles. The van der Waals surface area contributed by atoms with Crippen molar-refractivity contribution in [3.8, 4) is 0 Å². The molecule has 1 N–H and O–H groups in total. The fraction of sp³-hybridized carbons (Fsp3) is 0.385. The average Bonchev–Trinajstić information content (AvgIpc) is 2.55. The maximum Gasteiger partial charge on any atom is 0.0482 e. The molecule has 1 heterocycles. The van der Waals surface area contributed by atoms with Crippen LogP contribution in [-0.4, -0.2) is 16.3 Å². The summed E-state index contributed by atoms with van der Waals surface area (Å²) in [5.41, 5.74) is 2.52. The monoisotopic (exact) mass is 203 g/mol. The minimum Gasteiger partial charge on any atom is -0.396 e. The average molecular weight is 203 g/mol. The molecule has 0 amide bonds. The topological polar surface area (TPSA) is 25.2 Å². The normalized spacial score (nSPS) is 13.3. The van der Waals surface area contributed by atoms with Gasteiger partial charge in [-0.15, -0.1) is 0 Å². The highest BCUT2D eigenvalue weighted by Crippen LogP contribution is 2.20. The molecule has 2 rings (SSSR count). The predicted octanol–water partition coefficient (Wildman–Crippen LogP) is 2.58. The largest absolute Gasteiger partial charge is 0.396 e. The van der Waals surface area contributed by atoms with E-state index in [1.807, 2.05) is 0 Å². The van der Waals surface area contributed by atoms with Crippen molar-refractivity contribution in [2.24, 2.45) is 5.92 Å². The zero-order valence-electron chi connectivity index (χ0n) is 9.27. The van der Waals surface area contributed by atoms with Crippen LogP contribution in [0.4, 0.5) is 0 Å². The molecular weight excluding hydrogens is 186 g/mol. The van der Waals surface area contributed by atoms with E-state index in [9.17, 15) is 0 Å². The molecule has 1 unspecified atom stereocenters. The maximum atomic E-state index is 9.08. The molecule has 0 bridgehead atoms. The zero-order valence-corrected chi connectivity index (χ0v) is 9.27. The summed E-state index contributed by atoms with van der Waals surface area (Å²) < 4.78 is 2.27. The summed E-state index contributed by atoms with van der Waals surface area (Å²) in [7, 11) is 0. The Bertz CT molecular complexity index is 459. The quantitative estimate of drug-likeness (QED) is 0.815. The second kappa shape index (κ2) is 4.07. The van der Waals surface area contributed by atoms with Gasteiger partial charge >= 0.3 is 0 Å². The van der Waals surface area contributed by atoms with Gasteiger partial charge in [0.2, 0.25) is 0 Å². The van der Waals surface area contributed by atoms with E-state index in [0.29, 0.717) is 5.92 Å². The second-order valence-electron chi connectivity index (χ2n) is 4.24. The van der Waals surface area contributed by atoms with E-state index in [4.69, 9.17) is 5.11 Å². The van der Waals surface area contributed by atoms with Crippen LogP contribution in [0.1, 0.15) is 12.6 Å². The minimum absolute atomic E-state index is 0.242. The fourth-order valence-electron chi connectivity index (χ4n) is 1.96. The van der Waals surface area contributed by atoms with Crippen LogP contribution in [0.3, 0.4) is 0 Å². The third kappa shape index (κ3) is 1.90. The van der Waals surface area contributed by atoms with E-state index in [0.717, 1.165) is 6.54 Å². The summed E-state index contributed by atoms with van der Waals surface area (Å²) >= 11 is 0. The molecule has 0 saturated carbocycles. The van der Waals surface area contributed by atoms with Crippen molar-refractivity contribution < 1.29 is 5.11 Å². The van der Waals surface area contributed by atoms with Crippen LogP contribution >= 0.6 is 0 Å². The molecule has 1 aromatic carbocycles. The van der Waals surface area contributed by atoms with Crippen LogP contribution in [-0.2, 0) is 6.54 Å². The molecule has 2 heteroatoms. The first-order chi connectivity index (χ1) is 7.22. The van der Waals surface area contributed by atoms with E-state index in [1.165, 1.54) is 16.6 Å². The van der Waals surface area contributed by atoms with Gasteiger partial charge in [0.15, 0.2) is 0 Å². The Morgan fingerprint density at radius 2 is 2.07 bits per heavy atom. The van der Waals surface area contributed by atoms with E-state index < -0.39 is 0 Å². The number of aryl methyl sites for hydroxylation is 1. The van der Waals surface area contributed by atoms with Gasteiger partial charge in [-0.2, -0.15) is 0 Å². The molecule has 15 heavy (non-hydrogen) atoms. The standard InChI is InChI=1S/C13H17NO/c1-10(9-15)8-14-11(2)7-12-5-3-4-6-13(12)14/h3-7,10,15H,8-9H2,1-2H3.